The van der Waals surface area contributed by atoms with Crippen LogP contribution in [0.1, 0.15) is 15.9 Å². The van der Waals surface area contributed by atoms with Gasteiger partial charge in [0.1, 0.15) is 6.33 Å². The summed E-state index contributed by atoms with van der Waals surface area (Å²) in [6.45, 7) is 2.66. The standard InChI is InChI=1S/C20H22ClN5O/c1-22-20(27)15-6-7-19-18(11-15)24-13-26(19)25-9-8-23-12-16(25)10-14-4-2-3-5-17(14)21/h2-7,11,13,16,23H,8-10,12H2,1H3,(H,22,27). The van der Waals surface area contributed by atoms with E-state index in [0.717, 1.165) is 47.7 Å². The van der Waals surface area contributed by atoms with Gasteiger partial charge in [-0.3, -0.25) is 4.79 Å². The van der Waals surface area contributed by atoms with Crippen LogP contribution >= 0.6 is 11.6 Å². The highest BCUT2D eigenvalue weighted by atomic mass is 35.5. The molecular formula is C20H22ClN5O. The van der Waals surface area contributed by atoms with Crippen LogP contribution in [-0.4, -0.2) is 48.3 Å². The average Bonchev–Trinajstić information content (AvgIpc) is 3.12. The molecule has 4 rings (SSSR count). The fraction of sp³-hybridized carbons (Fsp3) is 0.300. The van der Waals surface area contributed by atoms with Crippen LogP contribution in [0.3, 0.4) is 0 Å². The predicted molar refractivity (Wildman–Crippen MR) is 108 cm³/mol. The normalized spacial score (nSPS) is 17.3. The summed E-state index contributed by atoms with van der Waals surface area (Å²) < 4.78 is 2.10. The zero-order valence-corrected chi connectivity index (χ0v) is 15.9. The van der Waals surface area contributed by atoms with E-state index >= 15 is 0 Å². The monoisotopic (exact) mass is 383 g/mol. The number of benzene rings is 2. The number of rotatable bonds is 4. The second-order valence-electron chi connectivity index (χ2n) is 6.69. The molecule has 1 aliphatic heterocycles. The average molecular weight is 384 g/mol. The molecule has 1 amide bonds. The van der Waals surface area contributed by atoms with Crippen LogP contribution in [0.25, 0.3) is 11.0 Å². The third-order valence-electron chi connectivity index (χ3n) is 5.03. The van der Waals surface area contributed by atoms with Crippen LogP contribution < -0.4 is 15.6 Å². The molecule has 0 radical (unpaired) electrons. The smallest absolute Gasteiger partial charge is 0.251 e. The first-order chi connectivity index (χ1) is 13.2. The number of nitrogens with zero attached hydrogens (tertiary/aromatic N) is 3. The van der Waals surface area contributed by atoms with Crippen molar-refractivity contribution in [1.29, 1.82) is 0 Å². The molecule has 2 aromatic carbocycles. The summed E-state index contributed by atoms with van der Waals surface area (Å²) in [5.74, 6) is -0.106. The van der Waals surface area contributed by atoms with Crippen LogP contribution in [0.15, 0.2) is 48.8 Å². The summed E-state index contributed by atoms with van der Waals surface area (Å²) in [4.78, 5) is 16.4. The van der Waals surface area contributed by atoms with Crippen molar-refractivity contribution in [3.8, 4) is 0 Å². The Hall–Kier alpha value is -2.57. The van der Waals surface area contributed by atoms with Crippen molar-refractivity contribution < 1.29 is 4.79 Å². The van der Waals surface area contributed by atoms with Crippen molar-refractivity contribution in [2.45, 2.75) is 12.5 Å². The first kappa shape index (κ1) is 17.8. The molecule has 0 bridgehead atoms. The van der Waals surface area contributed by atoms with Crippen LogP contribution in [-0.2, 0) is 6.42 Å². The van der Waals surface area contributed by atoms with E-state index in [1.165, 1.54) is 0 Å². The van der Waals surface area contributed by atoms with Gasteiger partial charge in [-0.25, -0.2) is 9.66 Å². The lowest BCUT2D eigenvalue weighted by Crippen LogP contribution is -2.57. The van der Waals surface area contributed by atoms with E-state index in [0.29, 0.717) is 5.56 Å². The van der Waals surface area contributed by atoms with Gasteiger partial charge in [0.25, 0.3) is 5.91 Å². The van der Waals surface area contributed by atoms with Gasteiger partial charge in [0.2, 0.25) is 0 Å². The molecule has 2 heterocycles. The van der Waals surface area contributed by atoms with Gasteiger partial charge in [-0.2, -0.15) is 0 Å². The van der Waals surface area contributed by atoms with Gasteiger partial charge in [0.05, 0.1) is 17.1 Å². The number of fused-ring (bicyclic) bond motifs is 1. The van der Waals surface area contributed by atoms with Gasteiger partial charge in [0.15, 0.2) is 0 Å². The molecule has 1 fully saturated rings. The molecule has 0 saturated carbocycles. The van der Waals surface area contributed by atoms with Crippen molar-refractivity contribution in [1.82, 2.24) is 20.3 Å². The molecule has 140 valence electrons. The zero-order valence-electron chi connectivity index (χ0n) is 15.2. The first-order valence-corrected chi connectivity index (χ1v) is 9.45. The molecule has 3 aromatic rings. The van der Waals surface area contributed by atoms with Gasteiger partial charge < -0.3 is 15.6 Å². The van der Waals surface area contributed by atoms with E-state index in [1.807, 2.05) is 42.7 Å². The number of carbonyl (C=O) groups is 1. The van der Waals surface area contributed by atoms with E-state index < -0.39 is 0 Å². The minimum atomic E-state index is -0.106. The van der Waals surface area contributed by atoms with Crippen molar-refractivity contribution in [3.05, 3.63) is 64.9 Å². The Morgan fingerprint density at radius 2 is 2.19 bits per heavy atom. The molecule has 0 spiro atoms. The molecule has 1 saturated heterocycles. The van der Waals surface area contributed by atoms with E-state index in [1.54, 1.807) is 7.05 Å². The lowest BCUT2D eigenvalue weighted by atomic mass is 10.0. The molecule has 7 heteroatoms. The molecule has 1 atom stereocenters. The van der Waals surface area contributed by atoms with E-state index in [9.17, 15) is 4.79 Å². The van der Waals surface area contributed by atoms with Crippen molar-refractivity contribution >= 4 is 28.5 Å². The molecular weight excluding hydrogens is 362 g/mol. The molecule has 27 heavy (non-hydrogen) atoms. The molecule has 0 aliphatic carbocycles. The molecule has 6 nitrogen and oxygen atoms in total. The number of carbonyl (C=O) groups excluding carboxylic acids is 1. The molecule has 1 aromatic heterocycles. The summed E-state index contributed by atoms with van der Waals surface area (Å²) in [5, 5.41) is 9.25. The molecule has 1 aliphatic rings. The maximum Gasteiger partial charge on any atom is 0.251 e. The largest absolute Gasteiger partial charge is 0.355 e. The third kappa shape index (κ3) is 3.50. The Bertz CT molecular complexity index is 970. The highest BCUT2D eigenvalue weighted by Crippen LogP contribution is 2.21. The van der Waals surface area contributed by atoms with Crippen LogP contribution in [0.5, 0.6) is 0 Å². The lowest BCUT2D eigenvalue weighted by molar-refractivity contribution is 0.0963. The minimum Gasteiger partial charge on any atom is -0.355 e. The number of imidazole rings is 1. The number of hydrogen-bond donors (Lipinski definition) is 2. The highest BCUT2D eigenvalue weighted by molar-refractivity contribution is 6.31. The second kappa shape index (κ2) is 7.58. The Morgan fingerprint density at radius 3 is 3.00 bits per heavy atom. The number of aromatic nitrogens is 2. The van der Waals surface area contributed by atoms with Gasteiger partial charge >= 0.3 is 0 Å². The fourth-order valence-electron chi connectivity index (χ4n) is 3.62. The molecule has 2 N–H and O–H groups in total. The summed E-state index contributed by atoms with van der Waals surface area (Å²) >= 11 is 6.38. The number of amides is 1. The van der Waals surface area contributed by atoms with Crippen molar-refractivity contribution in [2.24, 2.45) is 0 Å². The molecule has 1 unspecified atom stereocenters. The minimum absolute atomic E-state index is 0.106. The Balaban J connectivity index is 1.65. The number of piperazine rings is 1. The predicted octanol–water partition coefficient (Wildman–Crippen LogP) is 2.20. The highest BCUT2D eigenvalue weighted by Gasteiger charge is 2.25. The Kier molecular flexibility index (Phi) is 5.01. The maximum atomic E-state index is 11.9. The van der Waals surface area contributed by atoms with Gasteiger partial charge in [-0.05, 0) is 36.2 Å². The van der Waals surface area contributed by atoms with E-state index in [4.69, 9.17) is 11.6 Å². The first-order valence-electron chi connectivity index (χ1n) is 9.07. The van der Waals surface area contributed by atoms with Gasteiger partial charge in [0, 0.05) is 37.3 Å². The summed E-state index contributed by atoms with van der Waals surface area (Å²) in [5.41, 5.74) is 3.56. The third-order valence-corrected chi connectivity index (χ3v) is 5.40. The summed E-state index contributed by atoms with van der Waals surface area (Å²) in [6, 6.07) is 13.9. The van der Waals surface area contributed by atoms with Gasteiger partial charge in [-0.15, -0.1) is 0 Å². The number of hydrogen-bond acceptors (Lipinski definition) is 4. The quantitative estimate of drug-likeness (QED) is 0.725. The van der Waals surface area contributed by atoms with Crippen molar-refractivity contribution in [3.63, 3.8) is 0 Å². The van der Waals surface area contributed by atoms with Gasteiger partial charge in [-0.1, -0.05) is 29.8 Å². The summed E-state index contributed by atoms with van der Waals surface area (Å²) in [7, 11) is 1.63. The van der Waals surface area contributed by atoms with Crippen LogP contribution in [0, 0.1) is 0 Å². The Morgan fingerprint density at radius 1 is 1.33 bits per heavy atom. The SMILES string of the molecule is CNC(=O)c1ccc2c(c1)ncn2N1CCNCC1Cc1ccccc1Cl. The Labute approximate surface area is 163 Å². The fourth-order valence-corrected chi connectivity index (χ4v) is 3.83. The summed E-state index contributed by atoms with van der Waals surface area (Å²) in [6.07, 6.45) is 2.69. The topological polar surface area (TPSA) is 62.2 Å². The zero-order chi connectivity index (χ0) is 18.8. The van der Waals surface area contributed by atoms with E-state index in [-0.39, 0.29) is 11.9 Å². The lowest BCUT2D eigenvalue weighted by Gasteiger charge is -2.38. The van der Waals surface area contributed by atoms with Crippen LogP contribution in [0.2, 0.25) is 5.02 Å². The van der Waals surface area contributed by atoms with Crippen LogP contribution in [0.4, 0.5) is 0 Å². The number of nitrogens with one attached hydrogen (secondary N) is 2. The van der Waals surface area contributed by atoms with Crippen molar-refractivity contribution in [2.75, 3.05) is 31.7 Å². The van der Waals surface area contributed by atoms with E-state index in [2.05, 4.69) is 31.4 Å². The number of halogens is 1. The second-order valence-corrected chi connectivity index (χ2v) is 7.10. The maximum absolute atomic E-state index is 11.9.